The summed E-state index contributed by atoms with van der Waals surface area (Å²) in [7, 11) is 0. The van der Waals surface area contributed by atoms with E-state index in [-0.39, 0.29) is 5.41 Å². The zero-order valence-corrected chi connectivity index (χ0v) is 11.1. The Labute approximate surface area is 101 Å². The third kappa shape index (κ3) is 2.28. The lowest BCUT2D eigenvalue weighted by Gasteiger charge is -2.38. The molecule has 0 aliphatic heterocycles. The second kappa shape index (κ2) is 4.08. The summed E-state index contributed by atoms with van der Waals surface area (Å²) in [6.07, 6.45) is 4.72. The molecular formula is C12H20N2OS. The van der Waals surface area contributed by atoms with Gasteiger partial charge < -0.3 is 5.11 Å². The number of aliphatic hydroxyl groups is 1. The maximum atomic E-state index is 9.97. The van der Waals surface area contributed by atoms with Crippen molar-refractivity contribution in [1.29, 1.82) is 0 Å². The topological polar surface area (TPSA) is 46.0 Å². The molecule has 1 aromatic rings. The highest BCUT2D eigenvalue weighted by Gasteiger charge is 2.39. The molecule has 0 unspecified atom stereocenters. The molecule has 0 atom stereocenters. The maximum Gasteiger partial charge on any atom is 0.123 e. The number of aryl methyl sites for hydroxylation is 1. The van der Waals surface area contributed by atoms with Crippen molar-refractivity contribution < 1.29 is 5.11 Å². The lowest BCUT2D eigenvalue weighted by Crippen LogP contribution is -2.37. The Morgan fingerprint density at radius 3 is 2.31 bits per heavy atom. The molecule has 2 rings (SSSR count). The molecule has 1 aliphatic rings. The predicted octanol–water partition coefficient (Wildman–Crippen LogP) is 2.68. The van der Waals surface area contributed by atoms with Crippen molar-refractivity contribution in [3.8, 4) is 0 Å². The van der Waals surface area contributed by atoms with Crippen molar-refractivity contribution in [1.82, 2.24) is 10.2 Å². The van der Waals surface area contributed by atoms with E-state index in [0.29, 0.717) is 0 Å². The summed E-state index contributed by atoms with van der Waals surface area (Å²) < 4.78 is 0. The van der Waals surface area contributed by atoms with E-state index in [1.807, 2.05) is 6.92 Å². The second-order valence-corrected chi connectivity index (χ2v) is 6.47. The van der Waals surface area contributed by atoms with E-state index < -0.39 is 5.60 Å². The normalized spacial score (nSPS) is 35.2. The molecule has 1 N–H and O–H groups in total. The summed E-state index contributed by atoms with van der Waals surface area (Å²) in [4.78, 5) is 0. The molecule has 0 saturated heterocycles. The van der Waals surface area contributed by atoms with Crippen LogP contribution in [0.5, 0.6) is 0 Å². The smallest absolute Gasteiger partial charge is 0.123 e. The van der Waals surface area contributed by atoms with Crippen LogP contribution in [-0.4, -0.2) is 20.9 Å². The van der Waals surface area contributed by atoms with Crippen LogP contribution in [0.3, 0.4) is 0 Å². The summed E-state index contributed by atoms with van der Waals surface area (Å²) >= 11 is 1.73. The first-order valence-corrected chi connectivity index (χ1v) is 6.82. The Balaban J connectivity index is 2.14. The highest BCUT2D eigenvalue weighted by molar-refractivity contribution is 7.11. The van der Waals surface area contributed by atoms with Gasteiger partial charge in [-0.25, -0.2) is 0 Å². The molecule has 1 heterocycles. The van der Waals surface area contributed by atoms with Gasteiger partial charge in [-0.2, -0.15) is 0 Å². The van der Waals surface area contributed by atoms with Gasteiger partial charge in [0.25, 0.3) is 0 Å². The van der Waals surface area contributed by atoms with Crippen LogP contribution in [0.15, 0.2) is 0 Å². The summed E-state index contributed by atoms with van der Waals surface area (Å²) in [6, 6.07) is 0. The fourth-order valence-electron chi connectivity index (χ4n) is 2.19. The van der Waals surface area contributed by atoms with Crippen LogP contribution in [0.25, 0.3) is 0 Å². The molecule has 1 saturated carbocycles. The van der Waals surface area contributed by atoms with Crippen LogP contribution in [-0.2, 0) is 11.8 Å². The van der Waals surface area contributed by atoms with Gasteiger partial charge in [-0.3, -0.25) is 0 Å². The lowest BCUT2D eigenvalue weighted by molar-refractivity contribution is 0.00288. The van der Waals surface area contributed by atoms with E-state index in [0.717, 1.165) is 42.1 Å². The van der Waals surface area contributed by atoms with Gasteiger partial charge in [-0.1, -0.05) is 13.8 Å². The van der Waals surface area contributed by atoms with Crippen LogP contribution in [0.2, 0.25) is 0 Å². The number of rotatable bonds is 2. The van der Waals surface area contributed by atoms with E-state index in [1.54, 1.807) is 11.3 Å². The summed E-state index contributed by atoms with van der Waals surface area (Å²) in [5.41, 5.74) is -0.342. The third-order valence-corrected chi connectivity index (χ3v) is 5.09. The largest absolute Gasteiger partial charge is 0.390 e. The van der Waals surface area contributed by atoms with Crippen molar-refractivity contribution >= 4 is 11.3 Å². The van der Waals surface area contributed by atoms with E-state index in [2.05, 4.69) is 24.0 Å². The van der Waals surface area contributed by atoms with E-state index in [9.17, 15) is 5.11 Å². The minimum atomic E-state index is -0.474. The van der Waals surface area contributed by atoms with Gasteiger partial charge >= 0.3 is 0 Å². The average molecular weight is 240 g/mol. The number of aromatic nitrogens is 2. The zero-order valence-electron chi connectivity index (χ0n) is 10.3. The highest BCUT2D eigenvalue weighted by Crippen LogP contribution is 2.43. The number of hydrogen-bond donors (Lipinski definition) is 1. The van der Waals surface area contributed by atoms with Gasteiger partial charge in [-0.15, -0.1) is 21.5 Å². The summed E-state index contributed by atoms with van der Waals surface area (Å²) in [5.74, 6) is 0. The molecule has 4 heteroatoms. The molecule has 0 radical (unpaired) electrons. The molecule has 1 aromatic heterocycles. The molecule has 16 heavy (non-hydrogen) atoms. The Bertz CT molecular complexity index is 363. The van der Waals surface area contributed by atoms with Crippen molar-refractivity contribution in [2.45, 2.75) is 63.9 Å². The predicted molar refractivity (Wildman–Crippen MR) is 65.7 cm³/mol. The monoisotopic (exact) mass is 240 g/mol. The molecule has 1 aliphatic carbocycles. The Hall–Kier alpha value is -0.480. The Morgan fingerprint density at radius 2 is 1.81 bits per heavy atom. The first-order valence-electron chi connectivity index (χ1n) is 6.00. The Kier molecular flexibility index (Phi) is 3.05. The van der Waals surface area contributed by atoms with Crippen LogP contribution >= 0.6 is 11.3 Å². The molecular weight excluding hydrogens is 220 g/mol. The van der Waals surface area contributed by atoms with Gasteiger partial charge in [0.2, 0.25) is 0 Å². The van der Waals surface area contributed by atoms with Crippen LogP contribution in [0.1, 0.15) is 56.5 Å². The van der Waals surface area contributed by atoms with Crippen molar-refractivity contribution in [2.75, 3.05) is 0 Å². The molecule has 0 aromatic carbocycles. The lowest BCUT2D eigenvalue weighted by atomic mass is 9.71. The second-order valence-electron chi connectivity index (χ2n) is 5.41. The van der Waals surface area contributed by atoms with Gasteiger partial charge in [0.15, 0.2) is 0 Å². The van der Waals surface area contributed by atoms with Gasteiger partial charge in [0.05, 0.1) is 5.60 Å². The standard InChI is InChI=1S/C12H20N2OS/c1-4-9-13-14-10(16-9)11(2)5-7-12(3,15)8-6-11/h15H,4-8H2,1-3H3. The minimum absolute atomic E-state index is 0.132. The van der Waals surface area contributed by atoms with Gasteiger partial charge in [-0.05, 0) is 39.0 Å². The number of nitrogens with zero attached hydrogens (tertiary/aromatic N) is 2. The average Bonchev–Trinajstić information content (AvgIpc) is 2.72. The molecule has 90 valence electrons. The molecule has 1 fully saturated rings. The van der Waals surface area contributed by atoms with Gasteiger partial charge in [0, 0.05) is 5.41 Å². The van der Waals surface area contributed by atoms with Crippen LogP contribution in [0.4, 0.5) is 0 Å². The molecule has 0 amide bonds. The SMILES string of the molecule is CCc1nnc(C2(C)CCC(C)(O)CC2)s1. The molecule has 0 spiro atoms. The third-order valence-electron chi connectivity index (χ3n) is 3.72. The van der Waals surface area contributed by atoms with Crippen molar-refractivity contribution in [3.63, 3.8) is 0 Å². The van der Waals surface area contributed by atoms with Crippen molar-refractivity contribution in [3.05, 3.63) is 10.0 Å². The Morgan fingerprint density at radius 1 is 1.19 bits per heavy atom. The van der Waals surface area contributed by atoms with E-state index in [4.69, 9.17) is 0 Å². The minimum Gasteiger partial charge on any atom is -0.390 e. The molecule has 3 nitrogen and oxygen atoms in total. The van der Waals surface area contributed by atoms with Crippen LogP contribution < -0.4 is 0 Å². The highest BCUT2D eigenvalue weighted by atomic mass is 32.1. The zero-order chi connectivity index (χ0) is 11.8. The summed E-state index contributed by atoms with van der Waals surface area (Å²) in [5, 5.41) is 20.8. The van der Waals surface area contributed by atoms with E-state index >= 15 is 0 Å². The first-order chi connectivity index (χ1) is 7.45. The van der Waals surface area contributed by atoms with Crippen molar-refractivity contribution in [2.24, 2.45) is 0 Å². The van der Waals surface area contributed by atoms with E-state index in [1.165, 1.54) is 0 Å². The molecule has 0 bridgehead atoms. The first kappa shape index (κ1) is 12.0. The summed E-state index contributed by atoms with van der Waals surface area (Å²) in [6.45, 7) is 6.30. The van der Waals surface area contributed by atoms with Gasteiger partial charge in [0.1, 0.15) is 10.0 Å². The fourth-order valence-corrected chi connectivity index (χ4v) is 3.18. The van der Waals surface area contributed by atoms with Crippen LogP contribution in [0, 0.1) is 0 Å². The quantitative estimate of drug-likeness (QED) is 0.864. The number of hydrogen-bond acceptors (Lipinski definition) is 4. The fraction of sp³-hybridized carbons (Fsp3) is 0.833. The maximum absolute atomic E-state index is 9.97.